The molecule has 0 aromatic heterocycles. The molecule has 3 N–H and O–H groups in total. The SMILES string of the molecule is CCCCC/C(C)=N\NS(=O)(=O)c1ccc(N)cc1. The van der Waals surface area contributed by atoms with Crippen LogP contribution in [0, 0.1) is 0 Å². The number of sulfonamides is 1. The van der Waals surface area contributed by atoms with Crippen LogP contribution in [0.3, 0.4) is 0 Å². The Morgan fingerprint density at radius 3 is 2.47 bits per heavy atom. The second-order valence-corrected chi connectivity index (χ2v) is 6.13. The molecule has 6 heteroatoms. The average molecular weight is 283 g/mol. The zero-order valence-electron chi connectivity index (χ0n) is 11.4. The van der Waals surface area contributed by atoms with Crippen molar-refractivity contribution in [2.45, 2.75) is 44.4 Å². The number of benzene rings is 1. The number of anilines is 1. The summed E-state index contributed by atoms with van der Waals surface area (Å²) in [5, 5.41) is 3.91. The summed E-state index contributed by atoms with van der Waals surface area (Å²) in [4.78, 5) is 2.40. The summed E-state index contributed by atoms with van der Waals surface area (Å²) in [6, 6.07) is 6.01. The van der Waals surface area contributed by atoms with E-state index in [0.717, 1.165) is 31.4 Å². The Hall–Kier alpha value is -1.56. The number of nitrogens with two attached hydrogens (primary N) is 1. The molecule has 0 aliphatic rings. The average Bonchev–Trinajstić information content (AvgIpc) is 2.37. The number of nitrogens with zero attached hydrogens (tertiary/aromatic N) is 1. The van der Waals surface area contributed by atoms with Gasteiger partial charge in [-0.25, -0.2) is 4.83 Å². The summed E-state index contributed by atoms with van der Waals surface area (Å²) in [5.41, 5.74) is 6.83. The molecule has 0 atom stereocenters. The molecule has 0 aliphatic carbocycles. The van der Waals surface area contributed by atoms with Gasteiger partial charge in [-0.2, -0.15) is 13.5 Å². The quantitative estimate of drug-likeness (QED) is 0.349. The van der Waals surface area contributed by atoms with Crippen LogP contribution in [0.2, 0.25) is 0 Å². The summed E-state index contributed by atoms with van der Waals surface area (Å²) in [6.45, 7) is 3.94. The standard InChI is InChI=1S/C13H21N3O2S/c1-3-4-5-6-11(2)15-16-19(17,18)13-9-7-12(14)8-10-13/h7-10,16H,3-6,14H2,1-2H3/b15-11-. The molecule has 0 radical (unpaired) electrons. The lowest BCUT2D eigenvalue weighted by Crippen LogP contribution is -2.19. The Labute approximate surface area is 115 Å². The van der Waals surface area contributed by atoms with Gasteiger partial charge in [-0.15, -0.1) is 0 Å². The van der Waals surface area contributed by atoms with Gasteiger partial charge in [0.05, 0.1) is 4.90 Å². The summed E-state index contributed by atoms with van der Waals surface area (Å²) < 4.78 is 23.8. The summed E-state index contributed by atoms with van der Waals surface area (Å²) in [5.74, 6) is 0. The highest BCUT2D eigenvalue weighted by Gasteiger charge is 2.12. The molecule has 0 saturated heterocycles. The maximum Gasteiger partial charge on any atom is 0.276 e. The molecule has 106 valence electrons. The van der Waals surface area contributed by atoms with E-state index in [0.29, 0.717) is 5.69 Å². The molecule has 1 aromatic carbocycles. The molecular weight excluding hydrogens is 262 g/mol. The highest BCUT2D eigenvalue weighted by Crippen LogP contribution is 2.11. The van der Waals surface area contributed by atoms with E-state index in [4.69, 9.17) is 5.73 Å². The van der Waals surface area contributed by atoms with E-state index in [1.807, 2.05) is 6.92 Å². The summed E-state index contributed by atoms with van der Waals surface area (Å²) >= 11 is 0. The number of hydrogen-bond acceptors (Lipinski definition) is 4. The van der Waals surface area contributed by atoms with Gasteiger partial charge in [-0.3, -0.25) is 0 Å². The fourth-order valence-electron chi connectivity index (χ4n) is 1.52. The third-order valence-corrected chi connectivity index (χ3v) is 3.91. The Bertz CT molecular complexity index is 521. The highest BCUT2D eigenvalue weighted by molar-refractivity contribution is 7.89. The first-order chi connectivity index (χ1) is 8.95. The van der Waals surface area contributed by atoms with Gasteiger partial charge in [0.1, 0.15) is 0 Å². The van der Waals surface area contributed by atoms with Crippen molar-refractivity contribution in [2.24, 2.45) is 5.10 Å². The molecular formula is C13H21N3O2S. The van der Waals surface area contributed by atoms with E-state index in [2.05, 4.69) is 16.9 Å². The molecule has 0 unspecified atom stereocenters. The molecule has 0 heterocycles. The molecule has 1 rings (SSSR count). The van der Waals surface area contributed by atoms with E-state index in [-0.39, 0.29) is 4.90 Å². The van der Waals surface area contributed by atoms with E-state index in [1.165, 1.54) is 12.1 Å². The fourth-order valence-corrected chi connectivity index (χ4v) is 2.40. The molecule has 0 fully saturated rings. The highest BCUT2D eigenvalue weighted by atomic mass is 32.2. The second-order valence-electron chi connectivity index (χ2n) is 4.47. The smallest absolute Gasteiger partial charge is 0.276 e. The molecule has 0 saturated carbocycles. The van der Waals surface area contributed by atoms with E-state index >= 15 is 0 Å². The topological polar surface area (TPSA) is 84.5 Å². The molecule has 0 amide bonds. The molecule has 1 aromatic rings. The number of nitrogens with one attached hydrogen (secondary N) is 1. The third-order valence-electron chi connectivity index (χ3n) is 2.69. The van der Waals surface area contributed by atoms with Gasteiger partial charge in [0.15, 0.2) is 0 Å². The maximum atomic E-state index is 11.9. The number of rotatable bonds is 7. The first-order valence-corrected chi connectivity index (χ1v) is 7.84. The lowest BCUT2D eigenvalue weighted by molar-refractivity contribution is 0.584. The van der Waals surface area contributed by atoms with Crippen LogP contribution in [0.4, 0.5) is 5.69 Å². The van der Waals surface area contributed by atoms with Crippen molar-refractivity contribution >= 4 is 21.4 Å². The lowest BCUT2D eigenvalue weighted by Gasteiger charge is -2.05. The van der Waals surface area contributed by atoms with Crippen molar-refractivity contribution in [3.8, 4) is 0 Å². The largest absolute Gasteiger partial charge is 0.399 e. The fraction of sp³-hybridized carbons (Fsp3) is 0.462. The van der Waals surface area contributed by atoms with Crippen molar-refractivity contribution in [1.29, 1.82) is 0 Å². The lowest BCUT2D eigenvalue weighted by atomic mass is 10.1. The van der Waals surface area contributed by atoms with Crippen LogP contribution in [-0.2, 0) is 10.0 Å². The maximum absolute atomic E-state index is 11.9. The van der Waals surface area contributed by atoms with Gasteiger partial charge in [-0.1, -0.05) is 19.8 Å². The Morgan fingerprint density at radius 1 is 1.26 bits per heavy atom. The number of unbranched alkanes of at least 4 members (excludes halogenated alkanes) is 2. The Kier molecular flexibility index (Phi) is 5.82. The van der Waals surface area contributed by atoms with Gasteiger partial charge < -0.3 is 5.73 Å². The van der Waals surface area contributed by atoms with Crippen LogP contribution in [0.5, 0.6) is 0 Å². The van der Waals surface area contributed by atoms with Crippen LogP contribution < -0.4 is 10.6 Å². The first-order valence-electron chi connectivity index (χ1n) is 6.36. The Balaban J connectivity index is 2.64. The van der Waals surface area contributed by atoms with Crippen LogP contribution in [0.15, 0.2) is 34.3 Å². The zero-order chi connectivity index (χ0) is 14.3. The zero-order valence-corrected chi connectivity index (χ0v) is 12.2. The third kappa shape index (κ3) is 5.30. The predicted molar refractivity (Wildman–Crippen MR) is 78.4 cm³/mol. The summed E-state index contributed by atoms with van der Waals surface area (Å²) in [7, 11) is -3.60. The normalized spacial score (nSPS) is 12.4. The number of nitrogen functional groups attached to an aromatic ring is 1. The van der Waals surface area contributed by atoms with E-state index in [9.17, 15) is 8.42 Å². The van der Waals surface area contributed by atoms with Crippen LogP contribution in [-0.4, -0.2) is 14.1 Å². The van der Waals surface area contributed by atoms with Gasteiger partial charge in [0, 0.05) is 11.4 Å². The molecule has 0 aliphatic heterocycles. The van der Waals surface area contributed by atoms with Gasteiger partial charge in [0.25, 0.3) is 10.0 Å². The van der Waals surface area contributed by atoms with Crippen molar-refractivity contribution in [2.75, 3.05) is 5.73 Å². The van der Waals surface area contributed by atoms with Crippen molar-refractivity contribution in [1.82, 2.24) is 4.83 Å². The Morgan fingerprint density at radius 2 is 1.89 bits per heavy atom. The van der Waals surface area contributed by atoms with E-state index in [1.54, 1.807) is 12.1 Å². The number of hydrogen-bond donors (Lipinski definition) is 2. The number of hydrazone groups is 1. The van der Waals surface area contributed by atoms with Gasteiger partial charge in [-0.05, 0) is 44.0 Å². The minimum Gasteiger partial charge on any atom is -0.399 e. The molecule has 19 heavy (non-hydrogen) atoms. The first kappa shape index (κ1) is 15.5. The van der Waals surface area contributed by atoms with Crippen molar-refractivity contribution in [3.05, 3.63) is 24.3 Å². The minimum atomic E-state index is -3.60. The van der Waals surface area contributed by atoms with E-state index < -0.39 is 10.0 Å². The van der Waals surface area contributed by atoms with Gasteiger partial charge >= 0.3 is 0 Å². The van der Waals surface area contributed by atoms with Crippen molar-refractivity contribution < 1.29 is 8.42 Å². The monoisotopic (exact) mass is 283 g/mol. The van der Waals surface area contributed by atoms with Gasteiger partial charge in [0.2, 0.25) is 0 Å². The summed E-state index contributed by atoms with van der Waals surface area (Å²) in [6.07, 6.45) is 4.08. The molecule has 5 nitrogen and oxygen atoms in total. The second kappa shape index (κ2) is 7.13. The predicted octanol–water partition coefficient (Wildman–Crippen LogP) is 2.50. The minimum absolute atomic E-state index is 0.159. The van der Waals surface area contributed by atoms with Crippen molar-refractivity contribution in [3.63, 3.8) is 0 Å². The van der Waals surface area contributed by atoms with Crippen LogP contribution in [0.25, 0.3) is 0 Å². The van der Waals surface area contributed by atoms with Crippen LogP contribution in [0.1, 0.15) is 39.5 Å². The molecule has 0 spiro atoms. The van der Waals surface area contributed by atoms with Crippen LogP contribution >= 0.6 is 0 Å². The molecule has 0 bridgehead atoms.